The van der Waals surface area contributed by atoms with Crippen molar-refractivity contribution in [3.05, 3.63) is 65.2 Å². The molecule has 0 spiro atoms. The predicted molar refractivity (Wildman–Crippen MR) is 117 cm³/mol. The SMILES string of the molecule is O=C(CCCN1C(=O)c2ccccc2C1=O)N1CCN(C(=O)c2ccccc2S)CC1. The topological polar surface area (TPSA) is 78.0 Å². The molecule has 1 saturated heterocycles. The first-order chi connectivity index (χ1) is 15.0. The van der Waals surface area contributed by atoms with E-state index < -0.39 is 0 Å². The van der Waals surface area contributed by atoms with Gasteiger partial charge in [-0.15, -0.1) is 12.6 Å². The highest BCUT2D eigenvalue weighted by molar-refractivity contribution is 7.80. The number of piperazine rings is 1. The standard InChI is InChI=1S/C23H23N3O4S/c27-20(10-5-11-26-22(29)16-6-1-2-7-17(16)23(26)30)24-12-14-25(15-13-24)21(28)18-8-3-4-9-19(18)31/h1-4,6-9,31H,5,10-15H2. The summed E-state index contributed by atoms with van der Waals surface area (Å²) in [6, 6.07) is 13.9. The van der Waals surface area contributed by atoms with Crippen molar-refractivity contribution in [2.24, 2.45) is 0 Å². The zero-order valence-corrected chi connectivity index (χ0v) is 17.9. The van der Waals surface area contributed by atoms with E-state index in [1.165, 1.54) is 4.90 Å². The van der Waals surface area contributed by atoms with E-state index in [-0.39, 0.29) is 36.6 Å². The third-order valence-corrected chi connectivity index (χ3v) is 6.09. The van der Waals surface area contributed by atoms with E-state index in [1.54, 1.807) is 52.3 Å². The molecule has 2 aromatic rings. The predicted octanol–water partition coefficient (Wildman–Crippen LogP) is 2.34. The smallest absolute Gasteiger partial charge is 0.261 e. The number of thiol groups is 1. The van der Waals surface area contributed by atoms with Crippen LogP contribution in [-0.4, -0.2) is 71.1 Å². The highest BCUT2D eigenvalue weighted by atomic mass is 32.1. The number of carbonyl (C=O) groups excluding carboxylic acids is 4. The average molecular weight is 438 g/mol. The van der Waals surface area contributed by atoms with Crippen molar-refractivity contribution in [2.45, 2.75) is 17.7 Å². The highest BCUT2D eigenvalue weighted by Gasteiger charge is 2.34. The van der Waals surface area contributed by atoms with E-state index in [0.29, 0.717) is 54.2 Å². The number of hydrogen-bond donors (Lipinski definition) is 1. The van der Waals surface area contributed by atoms with Gasteiger partial charge in [0.05, 0.1) is 16.7 Å². The van der Waals surface area contributed by atoms with Crippen LogP contribution in [0.5, 0.6) is 0 Å². The molecule has 0 aromatic heterocycles. The van der Waals surface area contributed by atoms with Crippen LogP contribution >= 0.6 is 12.6 Å². The number of hydrogen-bond acceptors (Lipinski definition) is 5. The van der Waals surface area contributed by atoms with Gasteiger partial charge in [-0.05, 0) is 30.7 Å². The molecule has 2 aliphatic heterocycles. The molecule has 0 saturated carbocycles. The molecule has 0 atom stereocenters. The number of amides is 4. The molecule has 0 radical (unpaired) electrons. The second-order valence-corrected chi connectivity index (χ2v) is 8.08. The number of carbonyl (C=O) groups is 4. The monoisotopic (exact) mass is 437 g/mol. The van der Waals surface area contributed by atoms with Crippen molar-refractivity contribution < 1.29 is 19.2 Å². The van der Waals surface area contributed by atoms with E-state index in [9.17, 15) is 19.2 Å². The fourth-order valence-electron chi connectivity index (χ4n) is 3.97. The summed E-state index contributed by atoms with van der Waals surface area (Å²) in [7, 11) is 0. The fraction of sp³-hybridized carbons (Fsp3) is 0.304. The minimum absolute atomic E-state index is 0.0293. The van der Waals surface area contributed by atoms with Crippen LogP contribution in [0.2, 0.25) is 0 Å². The number of nitrogens with zero attached hydrogens (tertiary/aromatic N) is 3. The zero-order valence-electron chi connectivity index (χ0n) is 17.0. The fourth-order valence-corrected chi connectivity index (χ4v) is 4.23. The first kappa shape index (κ1) is 21.1. The van der Waals surface area contributed by atoms with Crippen LogP contribution in [0, 0.1) is 0 Å². The maximum absolute atomic E-state index is 12.7. The Morgan fingerprint density at radius 2 is 1.35 bits per heavy atom. The van der Waals surface area contributed by atoms with Gasteiger partial charge in [-0.2, -0.15) is 0 Å². The van der Waals surface area contributed by atoms with Gasteiger partial charge < -0.3 is 9.80 Å². The van der Waals surface area contributed by atoms with Gasteiger partial charge in [-0.3, -0.25) is 24.1 Å². The lowest BCUT2D eigenvalue weighted by Gasteiger charge is -2.35. The summed E-state index contributed by atoms with van der Waals surface area (Å²) in [5, 5.41) is 0. The molecule has 0 N–H and O–H groups in total. The molecule has 0 unspecified atom stereocenters. The minimum atomic E-state index is -0.301. The number of fused-ring (bicyclic) bond motifs is 1. The summed E-state index contributed by atoms with van der Waals surface area (Å²) < 4.78 is 0. The van der Waals surface area contributed by atoms with Gasteiger partial charge >= 0.3 is 0 Å². The Bertz CT molecular complexity index is 1010. The van der Waals surface area contributed by atoms with Crippen LogP contribution in [0.1, 0.15) is 43.9 Å². The molecule has 2 heterocycles. The van der Waals surface area contributed by atoms with Crippen molar-refractivity contribution in [1.29, 1.82) is 0 Å². The van der Waals surface area contributed by atoms with Gasteiger partial charge in [-0.1, -0.05) is 24.3 Å². The lowest BCUT2D eigenvalue weighted by Crippen LogP contribution is -2.50. The van der Waals surface area contributed by atoms with Crippen molar-refractivity contribution >= 4 is 36.3 Å². The highest BCUT2D eigenvalue weighted by Crippen LogP contribution is 2.23. The van der Waals surface area contributed by atoms with Crippen LogP contribution in [0.4, 0.5) is 0 Å². The zero-order chi connectivity index (χ0) is 22.0. The Morgan fingerprint density at radius 3 is 1.97 bits per heavy atom. The van der Waals surface area contributed by atoms with Crippen molar-refractivity contribution in [1.82, 2.24) is 14.7 Å². The van der Waals surface area contributed by atoms with E-state index in [2.05, 4.69) is 12.6 Å². The summed E-state index contributed by atoms with van der Waals surface area (Å²) in [5.41, 5.74) is 1.40. The summed E-state index contributed by atoms with van der Waals surface area (Å²) >= 11 is 4.35. The average Bonchev–Trinajstić information content (AvgIpc) is 3.04. The molecular weight excluding hydrogens is 414 g/mol. The molecule has 0 bridgehead atoms. The van der Waals surface area contributed by atoms with E-state index >= 15 is 0 Å². The molecule has 31 heavy (non-hydrogen) atoms. The molecule has 7 nitrogen and oxygen atoms in total. The second-order valence-electron chi connectivity index (χ2n) is 7.60. The molecule has 8 heteroatoms. The minimum Gasteiger partial charge on any atom is -0.339 e. The van der Waals surface area contributed by atoms with Gasteiger partial charge in [0.25, 0.3) is 17.7 Å². The number of benzene rings is 2. The Balaban J connectivity index is 1.25. The number of rotatable bonds is 5. The largest absolute Gasteiger partial charge is 0.339 e. The Kier molecular flexibility index (Phi) is 6.08. The van der Waals surface area contributed by atoms with Crippen molar-refractivity contribution in [3.8, 4) is 0 Å². The first-order valence-corrected chi connectivity index (χ1v) is 10.7. The molecule has 1 fully saturated rings. The molecule has 4 amide bonds. The normalized spacial score (nSPS) is 16.0. The van der Waals surface area contributed by atoms with Gasteiger partial charge in [0.15, 0.2) is 0 Å². The Labute approximate surface area is 186 Å². The first-order valence-electron chi connectivity index (χ1n) is 10.3. The van der Waals surface area contributed by atoms with Gasteiger partial charge in [0, 0.05) is 44.0 Å². The summed E-state index contributed by atoms with van der Waals surface area (Å²) in [6.07, 6.45) is 0.664. The van der Waals surface area contributed by atoms with Gasteiger partial charge in [0.1, 0.15) is 0 Å². The summed E-state index contributed by atoms with van der Waals surface area (Å²) in [4.78, 5) is 55.4. The van der Waals surface area contributed by atoms with Gasteiger partial charge in [-0.25, -0.2) is 0 Å². The Hall–Kier alpha value is -3.13. The van der Waals surface area contributed by atoms with Crippen LogP contribution in [-0.2, 0) is 4.79 Å². The number of imide groups is 1. The summed E-state index contributed by atoms with van der Waals surface area (Å²) in [5.74, 6) is -0.712. The van der Waals surface area contributed by atoms with Crippen LogP contribution in [0.3, 0.4) is 0 Å². The maximum Gasteiger partial charge on any atom is 0.261 e. The maximum atomic E-state index is 12.7. The van der Waals surface area contributed by atoms with Gasteiger partial charge in [0.2, 0.25) is 5.91 Å². The summed E-state index contributed by atoms with van der Waals surface area (Å²) in [6.45, 7) is 2.07. The second kappa shape index (κ2) is 8.93. The van der Waals surface area contributed by atoms with Crippen LogP contribution in [0.25, 0.3) is 0 Å². The van der Waals surface area contributed by atoms with E-state index in [4.69, 9.17) is 0 Å². The molecular formula is C23H23N3O4S. The van der Waals surface area contributed by atoms with Crippen molar-refractivity contribution in [2.75, 3.05) is 32.7 Å². The van der Waals surface area contributed by atoms with Crippen LogP contribution in [0.15, 0.2) is 53.4 Å². The van der Waals surface area contributed by atoms with Crippen LogP contribution < -0.4 is 0 Å². The molecule has 2 aromatic carbocycles. The third-order valence-electron chi connectivity index (χ3n) is 5.70. The van der Waals surface area contributed by atoms with E-state index in [1.807, 2.05) is 6.07 Å². The molecule has 2 aliphatic rings. The van der Waals surface area contributed by atoms with Crippen molar-refractivity contribution in [3.63, 3.8) is 0 Å². The quantitative estimate of drug-likeness (QED) is 0.575. The lowest BCUT2D eigenvalue weighted by molar-refractivity contribution is -0.132. The molecule has 0 aliphatic carbocycles. The van der Waals surface area contributed by atoms with E-state index in [0.717, 1.165) is 0 Å². The lowest BCUT2D eigenvalue weighted by atomic mass is 10.1. The molecule has 4 rings (SSSR count). The third kappa shape index (κ3) is 4.20. The Morgan fingerprint density at radius 1 is 0.806 bits per heavy atom. The molecule has 160 valence electrons.